The summed E-state index contributed by atoms with van der Waals surface area (Å²) in [5.41, 5.74) is 5.14. The minimum Gasteiger partial charge on any atom is -0.449 e. The minimum absolute atomic E-state index is 0.0184. The van der Waals surface area contributed by atoms with Gasteiger partial charge in [-0.25, -0.2) is 14.2 Å². The van der Waals surface area contributed by atoms with Crippen LogP contribution in [0, 0.1) is 17.7 Å². The highest BCUT2D eigenvalue weighted by Crippen LogP contribution is 2.41. The van der Waals surface area contributed by atoms with E-state index in [1.54, 1.807) is 4.57 Å². The van der Waals surface area contributed by atoms with Gasteiger partial charge in [0.15, 0.2) is 17.4 Å². The number of carboxylic acid groups (broad SMARTS) is 1. The molecule has 0 bridgehead atoms. The topological polar surface area (TPSA) is 111 Å². The van der Waals surface area contributed by atoms with Crippen LogP contribution < -0.4 is 20.8 Å². The highest BCUT2D eigenvalue weighted by atomic mass is 19.1. The molecule has 1 saturated carbocycles. The zero-order chi connectivity index (χ0) is 21.1. The quantitative estimate of drug-likeness (QED) is 0.740. The molecule has 4 rings (SSSR count). The normalized spacial score (nSPS) is 24.2. The molecule has 1 aliphatic heterocycles. The summed E-state index contributed by atoms with van der Waals surface area (Å²) in [5.74, 6) is 0.119. The lowest BCUT2D eigenvalue weighted by molar-refractivity contribution is 0.110. The Bertz CT molecular complexity index is 1050. The molecule has 1 saturated heterocycles. The summed E-state index contributed by atoms with van der Waals surface area (Å²) in [6.45, 7) is 6.96. The highest BCUT2D eigenvalue weighted by molar-refractivity contribution is 5.80. The second-order valence-electron chi connectivity index (χ2n) is 8.95. The summed E-state index contributed by atoms with van der Waals surface area (Å²) in [4.78, 5) is 30.1. The first-order chi connectivity index (χ1) is 13.6. The van der Waals surface area contributed by atoms with Crippen molar-refractivity contribution < 1.29 is 19.0 Å². The number of pyridine rings is 2. The summed E-state index contributed by atoms with van der Waals surface area (Å²) in [6, 6.07) is 1.26. The molecule has 0 radical (unpaired) electrons. The molecule has 3 N–H and O–H groups in total. The van der Waals surface area contributed by atoms with Gasteiger partial charge in [0, 0.05) is 24.7 Å². The van der Waals surface area contributed by atoms with E-state index in [0.29, 0.717) is 24.9 Å². The molecule has 2 fully saturated rings. The fourth-order valence-corrected chi connectivity index (χ4v) is 4.42. The number of carbonyl (C=O) groups is 1. The Hall–Kier alpha value is -2.68. The van der Waals surface area contributed by atoms with Crippen LogP contribution in [-0.4, -0.2) is 39.9 Å². The van der Waals surface area contributed by atoms with Gasteiger partial charge in [0.25, 0.3) is 0 Å². The first-order valence-electron chi connectivity index (χ1n) is 9.74. The van der Waals surface area contributed by atoms with Gasteiger partial charge in [0.05, 0.1) is 11.6 Å². The van der Waals surface area contributed by atoms with E-state index in [2.05, 4.69) is 9.72 Å². The summed E-state index contributed by atoms with van der Waals surface area (Å²) < 4.78 is 21.3. The van der Waals surface area contributed by atoms with Crippen molar-refractivity contribution in [2.45, 2.75) is 45.2 Å². The largest absolute Gasteiger partial charge is 0.511 e. The first kappa shape index (κ1) is 19.6. The number of piperidine rings is 1. The standard InChI is InChI=1S/C20H25FN4O4/c1-20(2,3)25-9-15(29-19(27)28)16(26)11-7-13(21)18(23-17(11)25)24-5-4-10-6-14(22)12(10)8-24/h7,9-10,12,14H,4-6,8,22H2,1-3H3,(H,27,28)/t10-,12-,14+/m1/s1. The van der Waals surface area contributed by atoms with Crippen molar-refractivity contribution in [2.75, 3.05) is 18.0 Å². The smallest absolute Gasteiger partial charge is 0.449 e. The molecule has 2 aliphatic rings. The minimum atomic E-state index is -1.60. The molecule has 3 atom stereocenters. The van der Waals surface area contributed by atoms with Crippen molar-refractivity contribution in [2.24, 2.45) is 17.6 Å². The maximum Gasteiger partial charge on any atom is 0.511 e. The Balaban J connectivity index is 1.86. The van der Waals surface area contributed by atoms with E-state index in [0.717, 1.165) is 18.9 Å². The summed E-state index contributed by atoms with van der Waals surface area (Å²) >= 11 is 0. The van der Waals surface area contributed by atoms with Crippen LogP contribution in [0.5, 0.6) is 5.75 Å². The maximum atomic E-state index is 15.0. The molecule has 2 aromatic rings. The van der Waals surface area contributed by atoms with Crippen LogP contribution in [0.25, 0.3) is 11.0 Å². The number of aromatic nitrogens is 2. The van der Waals surface area contributed by atoms with Gasteiger partial charge in [0.1, 0.15) is 5.65 Å². The molecule has 29 heavy (non-hydrogen) atoms. The van der Waals surface area contributed by atoms with Crippen molar-refractivity contribution in [3.05, 3.63) is 28.3 Å². The van der Waals surface area contributed by atoms with Gasteiger partial charge in [-0.3, -0.25) is 4.79 Å². The van der Waals surface area contributed by atoms with Crippen molar-refractivity contribution in [3.8, 4) is 5.75 Å². The molecular formula is C20H25FN4O4. The molecule has 0 amide bonds. The zero-order valence-electron chi connectivity index (χ0n) is 16.7. The molecule has 2 aromatic heterocycles. The van der Waals surface area contributed by atoms with Crippen LogP contribution in [-0.2, 0) is 5.54 Å². The number of hydrogen-bond donors (Lipinski definition) is 2. The summed E-state index contributed by atoms with van der Waals surface area (Å²) in [6.07, 6.45) is 1.67. The van der Waals surface area contributed by atoms with E-state index in [4.69, 9.17) is 10.8 Å². The number of hydrogen-bond acceptors (Lipinski definition) is 6. The molecule has 3 heterocycles. The summed E-state index contributed by atoms with van der Waals surface area (Å²) in [7, 11) is 0. The predicted octanol–water partition coefficient (Wildman–Crippen LogP) is 2.52. The van der Waals surface area contributed by atoms with Gasteiger partial charge in [-0.1, -0.05) is 0 Å². The van der Waals surface area contributed by atoms with Gasteiger partial charge in [0.2, 0.25) is 5.43 Å². The lowest BCUT2D eigenvalue weighted by Gasteiger charge is -2.50. The van der Waals surface area contributed by atoms with Crippen molar-refractivity contribution >= 4 is 23.0 Å². The molecule has 156 valence electrons. The zero-order valence-corrected chi connectivity index (χ0v) is 16.7. The van der Waals surface area contributed by atoms with Crippen LogP contribution in [0.15, 0.2) is 17.1 Å². The van der Waals surface area contributed by atoms with Crippen LogP contribution in [0.2, 0.25) is 0 Å². The SMILES string of the molecule is CC(C)(C)n1cc(OC(=O)O)c(=O)c2cc(F)c(N3CC[C@@H]4C[C@H](N)[C@@H]4C3)nc21. The van der Waals surface area contributed by atoms with E-state index in [-0.39, 0.29) is 28.6 Å². The van der Waals surface area contributed by atoms with Crippen LogP contribution >= 0.6 is 0 Å². The van der Waals surface area contributed by atoms with Gasteiger partial charge in [-0.15, -0.1) is 0 Å². The van der Waals surface area contributed by atoms with Crippen molar-refractivity contribution in [1.82, 2.24) is 9.55 Å². The molecule has 1 aliphatic carbocycles. The number of ether oxygens (including phenoxy) is 1. The van der Waals surface area contributed by atoms with Crippen LogP contribution in [0.3, 0.4) is 0 Å². The Kier molecular flexibility index (Phi) is 4.53. The number of halogens is 1. The number of anilines is 1. The predicted molar refractivity (Wildman–Crippen MR) is 106 cm³/mol. The fraction of sp³-hybridized carbons (Fsp3) is 0.550. The van der Waals surface area contributed by atoms with Gasteiger partial charge in [-0.2, -0.15) is 0 Å². The third-order valence-electron chi connectivity index (χ3n) is 6.03. The van der Waals surface area contributed by atoms with Crippen LogP contribution in [0.4, 0.5) is 15.0 Å². The fourth-order valence-electron chi connectivity index (χ4n) is 4.42. The third-order valence-corrected chi connectivity index (χ3v) is 6.03. The second kappa shape index (κ2) is 6.69. The van der Waals surface area contributed by atoms with Crippen molar-refractivity contribution in [3.63, 3.8) is 0 Å². The number of fused-ring (bicyclic) bond motifs is 2. The monoisotopic (exact) mass is 404 g/mol. The Labute approximate surface area is 167 Å². The van der Waals surface area contributed by atoms with E-state index in [1.807, 2.05) is 25.7 Å². The number of rotatable bonds is 2. The van der Waals surface area contributed by atoms with Gasteiger partial charge in [-0.05, 0) is 51.5 Å². The Morgan fingerprint density at radius 1 is 1.41 bits per heavy atom. The third kappa shape index (κ3) is 3.33. The lowest BCUT2D eigenvalue weighted by atomic mass is 9.66. The second-order valence-corrected chi connectivity index (χ2v) is 8.95. The molecule has 0 spiro atoms. The Morgan fingerprint density at radius 3 is 2.76 bits per heavy atom. The van der Waals surface area contributed by atoms with Crippen LogP contribution in [0.1, 0.15) is 33.6 Å². The molecule has 0 aromatic carbocycles. The van der Waals surface area contributed by atoms with Gasteiger partial charge < -0.3 is 25.0 Å². The molecule has 8 nitrogen and oxygen atoms in total. The van der Waals surface area contributed by atoms with E-state index >= 15 is 4.39 Å². The van der Waals surface area contributed by atoms with E-state index in [9.17, 15) is 9.59 Å². The molecule has 9 heteroatoms. The lowest BCUT2D eigenvalue weighted by Crippen LogP contribution is -2.57. The number of nitrogens with two attached hydrogens (primary N) is 1. The first-order valence-corrected chi connectivity index (χ1v) is 9.74. The average molecular weight is 404 g/mol. The Morgan fingerprint density at radius 2 is 2.14 bits per heavy atom. The van der Waals surface area contributed by atoms with Gasteiger partial charge >= 0.3 is 6.16 Å². The van der Waals surface area contributed by atoms with E-state index < -0.39 is 22.9 Å². The maximum absolute atomic E-state index is 15.0. The average Bonchev–Trinajstić information content (AvgIpc) is 2.62. The molecular weight excluding hydrogens is 379 g/mol. The van der Waals surface area contributed by atoms with E-state index in [1.165, 1.54) is 6.20 Å². The number of nitrogens with zero attached hydrogens (tertiary/aromatic N) is 3. The summed E-state index contributed by atoms with van der Waals surface area (Å²) in [5, 5.41) is 8.90. The highest BCUT2D eigenvalue weighted by Gasteiger charge is 2.43. The molecule has 0 unspecified atom stereocenters. The van der Waals surface area contributed by atoms with Crippen molar-refractivity contribution in [1.29, 1.82) is 0 Å².